The minimum absolute atomic E-state index is 0.0486. The van der Waals surface area contributed by atoms with Crippen molar-refractivity contribution in [2.75, 3.05) is 12.4 Å². The van der Waals surface area contributed by atoms with Gasteiger partial charge in [-0.15, -0.1) is 0 Å². The second-order valence-electron chi connectivity index (χ2n) is 5.04. The zero-order chi connectivity index (χ0) is 16.7. The van der Waals surface area contributed by atoms with E-state index in [0.29, 0.717) is 6.07 Å². The summed E-state index contributed by atoms with van der Waals surface area (Å²) in [6.07, 6.45) is 0. The van der Waals surface area contributed by atoms with Crippen molar-refractivity contribution in [1.82, 2.24) is 4.90 Å². The first-order chi connectivity index (χ1) is 10.9. The molecule has 0 radical (unpaired) electrons. The molecule has 3 amide bonds. The molecule has 0 unspecified atom stereocenters. The second-order valence-corrected chi connectivity index (χ2v) is 5.04. The first-order valence-corrected chi connectivity index (χ1v) is 6.60. The Morgan fingerprint density at radius 3 is 2.22 bits per heavy atom. The summed E-state index contributed by atoms with van der Waals surface area (Å²) in [4.78, 5) is 36.8. The fraction of sp³-hybridized carbons (Fsp3) is 0.0625. The SMILES string of the molecule is CN1C(=O)c2ccc(C(=O)Nc3cc(F)cc(F)c3)cc2C1=O. The monoisotopic (exact) mass is 316 g/mol. The molecule has 0 saturated heterocycles. The molecule has 0 bridgehead atoms. The zero-order valence-corrected chi connectivity index (χ0v) is 11.9. The number of hydrogen-bond donors (Lipinski definition) is 1. The maximum absolute atomic E-state index is 13.1. The van der Waals surface area contributed by atoms with Crippen LogP contribution in [0.4, 0.5) is 14.5 Å². The van der Waals surface area contributed by atoms with E-state index < -0.39 is 29.4 Å². The molecule has 0 fully saturated rings. The molecule has 1 N–H and O–H groups in total. The molecule has 5 nitrogen and oxygen atoms in total. The summed E-state index contributed by atoms with van der Waals surface area (Å²) >= 11 is 0. The van der Waals surface area contributed by atoms with Gasteiger partial charge < -0.3 is 5.32 Å². The van der Waals surface area contributed by atoms with Gasteiger partial charge in [-0.2, -0.15) is 0 Å². The molecule has 2 aromatic rings. The van der Waals surface area contributed by atoms with Crippen molar-refractivity contribution in [3.05, 3.63) is 64.7 Å². The molecule has 1 heterocycles. The number of fused-ring (bicyclic) bond motifs is 1. The average Bonchev–Trinajstić information content (AvgIpc) is 2.70. The molecule has 0 atom stereocenters. The largest absolute Gasteiger partial charge is 0.322 e. The summed E-state index contributed by atoms with van der Waals surface area (Å²) in [5.41, 5.74) is 0.388. The Labute approximate surface area is 129 Å². The van der Waals surface area contributed by atoms with Crippen LogP contribution in [-0.2, 0) is 0 Å². The Morgan fingerprint density at radius 2 is 1.57 bits per heavy atom. The van der Waals surface area contributed by atoms with Gasteiger partial charge in [0.15, 0.2) is 0 Å². The fourth-order valence-corrected chi connectivity index (χ4v) is 2.33. The molecule has 116 valence electrons. The van der Waals surface area contributed by atoms with Gasteiger partial charge in [0, 0.05) is 24.4 Å². The maximum atomic E-state index is 13.1. The Balaban J connectivity index is 1.90. The van der Waals surface area contributed by atoms with Crippen LogP contribution in [0.2, 0.25) is 0 Å². The van der Waals surface area contributed by atoms with Crippen molar-refractivity contribution in [3.8, 4) is 0 Å². The van der Waals surface area contributed by atoms with E-state index in [1.165, 1.54) is 25.2 Å². The predicted molar refractivity (Wildman–Crippen MR) is 77.2 cm³/mol. The van der Waals surface area contributed by atoms with Gasteiger partial charge in [0.2, 0.25) is 0 Å². The van der Waals surface area contributed by atoms with E-state index in [-0.39, 0.29) is 22.4 Å². The quantitative estimate of drug-likeness (QED) is 0.865. The van der Waals surface area contributed by atoms with Crippen LogP contribution in [0.25, 0.3) is 0 Å². The lowest BCUT2D eigenvalue weighted by Crippen LogP contribution is -2.24. The molecule has 1 aliphatic heterocycles. The third kappa shape index (κ3) is 2.57. The number of hydrogen-bond acceptors (Lipinski definition) is 3. The number of halogens is 2. The molecule has 2 aromatic carbocycles. The average molecular weight is 316 g/mol. The van der Waals surface area contributed by atoms with Crippen molar-refractivity contribution in [2.24, 2.45) is 0 Å². The number of carbonyl (C=O) groups excluding carboxylic acids is 3. The third-order valence-corrected chi connectivity index (χ3v) is 3.47. The predicted octanol–water partition coefficient (Wildman–Crippen LogP) is 2.44. The molecule has 0 saturated carbocycles. The van der Waals surface area contributed by atoms with Crippen LogP contribution in [0.5, 0.6) is 0 Å². The molecule has 0 aliphatic carbocycles. The van der Waals surface area contributed by atoms with Crippen LogP contribution in [0.15, 0.2) is 36.4 Å². The summed E-state index contributed by atoms with van der Waals surface area (Å²) in [6.45, 7) is 0. The molecular weight excluding hydrogens is 306 g/mol. The molecular formula is C16H10F2N2O3. The van der Waals surface area contributed by atoms with Gasteiger partial charge >= 0.3 is 0 Å². The normalized spacial score (nSPS) is 13.3. The number of anilines is 1. The Morgan fingerprint density at radius 1 is 0.957 bits per heavy atom. The van der Waals surface area contributed by atoms with Crippen LogP contribution < -0.4 is 5.32 Å². The number of nitrogens with zero attached hydrogens (tertiary/aromatic N) is 1. The van der Waals surface area contributed by atoms with E-state index in [1.807, 2.05) is 0 Å². The highest BCUT2D eigenvalue weighted by Crippen LogP contribution is 2.23. The number of carbonyl (C=O) groups is 3. The van der Waals surface area contributed by atoms with E-state index in [1.54, 1.807) is 0 Å². The minimum atomic E-state index is -0.823. The number of imide groups is 1. The molecule has 7 heteroatoms. The highest BCUT2D eigenvalue weighted by molar-refractivity contribution is 6.22. The number of nitrogens with one attached hydrogen (secondary N) is 1. The maximum Gasteiger partial charge on any atom is 0.261 e. The van der Waals surface area contributed by atoms with Gasteiger partial charge in [0.05, 0.1) is 11.1 Å². The molecule has 3 rings (SSSR count). The van der Waals surface area contributed by atoms with Crippen molar-refractivity contribution >= 4 is 23.4 Å². The smallest absolute Gasteiger partial charge is 0.261 e. The number of benzene rings is 2. The lowest BCUT2D eigenvalue weighted by molar-refractivity contribution is 0.0693. The zero-order valence-electron chi connectivity index (χ0n) is 11.9. The third-order valence-electron chi connectivity index (χ3n) is 3.47. The standard InChI is InChI=1S/C16H10F2N2O3/c1-20-15(22)12-3-2-8(4-13(12)16(20)23)14(21)19-11-6-9(17)5-10(18)7-11/h2-7H,1H3,(H,19,21). The van der Waals surface area contributed by atoms with Crippen LogP contribution in [-0.4, -0.2) is 29.7 Å². The summed E-state index contributed by atoms with van der Waals surface area (Å²) in [6, 6.07) is 6.65. The lowest BCUT2D eigenvalue weighted by Gasteiger charge is -2.06. The Hall–Kier alpha value is -3.09. The Kier molecular flexibility index (Phi) is 3.40. The van der Waals surface area contributed by atoms with Gasteiger partial charge in [0.1, 0.15) is 11.6 Å². The van der Waals surface area contributed by atoms with Crippen molar-refractivity contribution in [1.29, 1.82) is 0 Å². The summed E-state index contributed by atoms with van der Waals surface area (Å²) in [5, 5.41) is 2.34. The van der Waals surface area contributed by atoms with Crippen molar-refractivity contribution in [2.45, 2.75) is 0 Å². The van der Waals surface area contributed by atoms with Gasteiger partial charge in [-0.1, -0.05) is 0 Å². The van der Waals surface area contributed by atoms with Gasteiger partial charge in [-0.05, 0) is 30.3 Å². The molecule has 0 aromatic heterocycles. The van der Waals surface area contributed by atoms with Gasteiger partial charge in [0.25, 0.3) is 17.7 Å². The van der Waals surface area contributed by atoms with Gasteiger partial charge in [-0.25, -0.2) is 8.78 Å². The second kappa shape index (κ2) is 5.28. The van der Waals surface area contributed by atoms with E-state index in [9.17, 15) is 23.2 Å². The van der Waals surface area contributed by atoms with Crippen LogP contribution in [0, 0.1) is 11.6 Å². The van der Waals surface area contributed by atoms with Crippen LogP contribution in [0.1, 0.15) is 31.1 Å². The van der Waals surface area contributed by atoms with Crippen molar-refractivity contribution < 1.29 is 23.2 Å². The highest BCUT2D eigenvalue weighted by Gasteiger charge is 2.33. The summed E-state index contributed by atoms with van der Waals surface area (Å²) in [5.74, 6) is -3.23. The highest BCUT2D eigenvalue weighted by atomic mass is 19.1. The summed E-state index contributed by atoms with van der Waals surface area (Å²) in [7, 11) is 1.35. The van der Waals surface area contributed by atoms with E-state index in [4.69, 9.17) is 0 Å². The topological polar surface area (TPSA) is 66.5 Å². The minimum Gasteiger partial charge on any atom is -0.322 e. The van der Waals surface area contributed by atoms with E-state index in [2.05, 4.69) is 5.32 Å². The molecule has 23 heavy (non-hydrogen) atoms. The lowest BCUT2D eigenvalue weighted by atomic mass is 10.1. The summed E-state index contributed by atoms with van der Waals surface area (Å²) < 4.78 is 26.2. The first-order valence-electron chi connectivity index (χ1n) is 6.60. The van der Waals surface area contributed by atoms with Crippen LogP contribution >= 0.6 is 0 Å². The first kappa shape index (κ1) is 14.8. The number of amides is 3. The van der Waals surface area contributed by atoms with Gasteiger partial charge in [-0.3, -0.25) is 19.3 Å². The van der Waals surface area contributed by atoms with E-state index in [0.717, 1.165) is 17.0 Å². The van der Waals surface area contributed by atoms with Crippen molar-refractivity contribution in [3.63, 3.8) is 0 Å². The molecule has 0 spiro atoms. The number of rotatable bonds is 2. The van der Waals surface area contributed by atoms with Crippen LogP contribution in [0.3, 0.4) is 0 Å². The fourth-order valence-electron chi connectivity index (χ4n) is 2.33. The molecule has 1 aliphatic rings. The Bertz CT molecular complexity index is 844. The van der Waals surface area contributed by atoms with E-state index >= 15 is 0 Å².